The van der Waals surface area contributed by atoms with Crippen LogP contribution in [0.5, 0.6) is 5.75 Å². The molecule has 4 heteroatoms. The summed E-state index contributed by atoms with van der Waals surface area (Å²) in [7, 11) is 3.57. The Kier molecular flexibility index (Phi) is 19.1. The molecule has 0 radical (unpaired) electrons. The molecule has 4 nitrogen and oxygen atoms in total. The molecular weight excluding hydrogens is 815 g/mol. The summed E-state index contributed by atoms with van der Waals surface area (Å²) in [6.45, 7) is 23.9. The lowest BCUT2D eigenvalue weighted by molar-refractivity contribution is 0.413. The van der Waals surface area contributed by atoms with E-state index in [0.29, 0.717) is 0 Å². The number of hydrogen-bond acceptors (Lipinski definition) is 3. The third-order valence-electron chi connectivity index (χ3n) is 11.1. The normalized spacial score (nSPS) is 11.9. The number of aromatic nitrogens is 2. The molecule has 2 aromatic heterocycles. The van der Waals surface area contributed by atoms with Gasteiger partial charge >= 0.3 is 0 Å². The zero-order chi connectivity index (χ0) is 48.1. The van der Waals surface area contributed by atoms with Crippen molar-refractivity contribution in [2.24, 2.45) is 0 Å². The van der Waals surface area contributed by atoms with E-state index >= 15 is 0 Å². The molecule has 0 amide bonds. The maximum atomic E-state index is 5.65. The topological polar surface area (TPSA) is 49.9 Å². The summed E-state index contributed by atoms with van der Waals surface area (Å²) in [4.78, 5) is 8.28. The zero-order valence-corrected chi connectivity index (χ0v) is 40.6. The number of ether oxygens (including phenoxy) is 1. The van der Waals surface area contributed by atoms with Gasteiger partial charge in [0.2, 0.25) is 0 Å². The summed E-state index contributed by atoms with van der Waals surface area (Å²) >= 11 is 0. The van der Waals surface area contributed by atoms with Crippen molar-refractivity contribution in [3.05, 3.63) is 247 Å². The highest BCUT2D eigenvalue weighted by Crippen LogP contribution is 2.36. The Morgan fingerprint density at radius 3 is 2.16 bits per heavy atom. The number of rotatable bonds is 12. The van der Waals surface area contributed by atoms with Crippen molar-refractivity contribution in [2.45, 2.75) is 48.0 Å². The minimum Gasteiger partial charge on any atom is -0.496 e. The molecule has 0 atom stereocenters. The van der Waals surface area contributed by atoms with E-state index in [1.54, 1.807) is 19.3 Å². The van der Waals surface area contributed by atoms with E-state index in [1.165, 1.54) is 44.2 Å². The van der Waals surface area contributed by atoms with Crippen LogP contribution >= 0.6 is 0 Å². The third kappa shape index (κ3) is 12.7. The van der Waals surface area contributed by atoms with Gasteiger partial charge in [-0.15, -0.1) is 5.73 Å². The molecule has 0 bridgehead atoms. The second-order valence-electron chi connectivity index (χ2n) is 15.2. The van der Waals surface area contributed by atoms with Crippen LogP contribution in [0.25, 0.3) is 66.5 Å². The molecule has 0 saturated heterocycles. The first-order chi connectivity index (χ1) is 32.8. The van der Waals surface area contributed by atoms with Crippen LogP contribution in [0.3, 0.4) is 0 Å². The van der Waals surface area contributed by atoms with Crippen LogP contribution in [0.15, 0.2) is 219 Å². The van der Waals surface area contributed by atoms with E-state index < -0.39 is 0 Å². The molecule has 0 spiro atoms. The van der Waals surface area contributed by atoms with Crippen LogP contribution in [0.1, 0.15) is 68.9 Å². The molecule has 67 heavy (non-hydrogen) atoms. The molecule has 1 aliphatic rings. The minimum absolute atomic E-state index is 0.801. The van der Waals surface area contributed by atoms with Crippen molar-refractivity contribution in [1.82, 2.24) is 15.3 Å². The summed E-state index contributed by atoms with van der Waals surface area (Å²) in [5.74, 6) is 0.801. The number of hydrogen-bond donors (Lipinski definition) is 2. The number of nitrogens with zero attached hydrogens (tertiary/aromatic N) is 1. The number of aromatic amines is 1. The fraction of sp³-hybridized carbons (Fsp3) is 0.143. The summed E-state index contributed by atoms with van der Waals surface area (Å²) < 4.78 is 5.65. The first-order valence-electron chi connectivity index (χ1n) is 23.1. The number of fused-ring (bicyclic) bond motifs is 3. The van der Waals surface area contributed by atoms with Crippen LogP contribution in [0.2, 0.25) is 0 Å². The maximum absolute atomic E-state index is 5.65. The van der Waals surface area contributed by atoms with Crippen molar-refractivity contribution in [2.75, 3.05) is 14.2 Å². The summed E-state index contributed by atoms with van der Waals surface area (Å²) in [5, 5.41) is 5.41. The van der Waals surface area contributed by atoms with E-state index in [9.17, 15) is 0 Å². The highest BCUT2D eigenvalue weighted by Gasteiger charge is 2.13. The van der Waals surface area contributed by atoms with E-state index in [4.69, 9.17) is 9.72 Å². The van der Waals surface area contributed by atoms with Gasteiger partial charge < -0.3 is 15.0 Å². The molecule has 0 fully saturated rings. The van der Waals surface area contributed by atoms with Gasteiger partial charge in [-0.3, -0.25) is 4.98 Å². The summed E-state index contributed by atoms with van der Waals surface area (Å²) in [5.41, 5.74) is 20.9. The second-order valence-corrected chi connectivity index (χ2v) is 15.2. The molecule has 0 saturated carbocycles. The number of aryl methyl sites for hydroxylation is 1. The van der Waals surface area contributed by atoms with Crippen LogP contribution in [0.4, 0.5) is 0 Å². The predicted octanol–water partition coefficient (Wildman–Crippen LogP) is 17.1. The van der Waals surface area contributed by atoms with Gasteiger partial charge in [0.05, 0.1) is 24.5 Å². The molecule has 338 valence electrons. The SMILES string of the molecule is C=C(/C=C\NC)c1cc(-c2cccc(C3=CCC=CC(c4ccc5[nH]c6cnc(-c7ccccc7)cc6c5c4)=C3)c2)ccc1OC.C=CC=C=C/C(=C(/C)C=C)c1ccccc1C.CC.CC. The monoisotopic (exact) mass is 880 g/mol. The molecular formula is C63H65N3O. The summed E-state index contributed by atoms with van der Waals surface area (Å²) in [6, 6.07) is 42.5. The van der Waals surface area contributed by atoms with Gasteiger partial charge in [0.15, 0.2) is 0 Å². The molecule has 1 aliphatic carbocycles. The van der Waals surface area contributed by atoms with Gasteiger partial charge in [-0.25, -0.2) is 0 Å². The Balaban J connectivity index is 0.000000337. The average molecular weight is 880 g/mol. The quantitative estimate of drug-likeness (QED) is 0.0950. The molecule has 2 N–H and O–H groups in total. The first-order valence-corrected chi connectivity index (χ1v) is 23.1. The number of methoxy groups -OCH3 is 1. The van der Waals surface area contributed by atoms with Crippen molar-refractivity contribution >= 4 is 44.1 Å². The van der Waals surface area contributed by atoms with Gasteiger partial charge in [-0.1, -0.05) is 163 Å². The van der Waals surface area contributed by atoms with Gasteiger partial charge in [-0.05, 0) is 148 Å². The first kappa shape index (κ1) is 50.1. The maximum Gasteiger partial charge on any atom is 0.126 e. The Bertz CT molecular complexity index is 3050. The predicted molar refractivity (Wildman–Crippen MR) is 294 cm³/mol. The van der Waals surface area contributed by atoms with Crippen LogP contribution in [-0.4, -0.2) is 24.1 Å². The van der Waals surface area contributed by atoms with Crippen molar-refractivity contribution in [1.29, 1.82) is 0 Å². The average Bonchev–Trinajstić information content (AvgIpc) is 3.56. The highest BCUT2D eigenvalue weighted by atomic mass is 16.5. The third-order valence-corrected chi connectivity index (χ3v) is 11.1. The van der Waals surface area contributed by atoms with E-state index in [0.717, 1.165) is 67.9 Å². The number of benzene rings is 5. The van der Waals surface area contributed by atoms with Crippen LogP contribution in [-0.2, 0) is 0 Å². The molecule has 5 aromatic carbocycles. The van der Waals surface area contributed by atoms with Gasteiger partial charge in [-0.2, -0.15) is 0 Å². The van der Waals surface area contributed by atoms with E-state index in [2.05, 4.69) is 171 Å². The number of H-pyrrole nitrogens is 1. The fourth-order valence-electron chi connectivity index (χ4n) is 7.67. The molecule has 7 aromatic rings. The van der Waals surface area contributed by atoms with E-state index in [1.807, 2.05) is 89.6 Å². The summed E-state index contributed by atoms with van der Waals surface area (Å²) in [6.07, 6.45) is 23.1. The molecule has 8 rings (SSSR count). The van der Waals surface area contributed by atoms with Gasteiger partial charge in [0, 0.05) is 34.5 Å². The van der Waals surface area contributed by atoms with Gasteiger partial charge in [0.25, 0.3) is 0 Å². The highest BCUT2D eigenvalue weighted by molar-refractivity contribution is 6.09. The van der Waals surface area contributed by atoms with Crippen molar-refractivity contribution < 1.29 is 4.74 Å². The Morgan fingerprint density at radius 1 is 0.746 bits per heavy atom. The lowest BCUT2D eigenvalue weighted by Crippen LogP contribution is -1.94. The van der Waals surface area contributed by atoms with Crippen molar-refractivity contribution in [3.63, 3.8) is 0 Å². The second kappa shape index (κ2) is 25.5. The smallest absolute Gasteiger partial charge is 0.126 e. The molecule has 0 aliphatic heterocycles. The number of allylic oxidation sites excluding steroid dienone is 13. The number of nitrogens with one attached hydrogen (secondary N) is 2. The largest absolute Gasteiger partial charge is 0.496 e. The standard InChI is InChI=1S/C42H35N3O.C17H18.2C2H6/c1-28(20-21-43-2)36-24-35(17-19-42(36)46-3)33-15-9-14-32(23-33)30-12-7-8-13-31(22-30)34-16-18-39-37(25-34)38-26-40(44-27-41(38)45-39)29-10-5-4-6-11-29;1-5-7-8-12-16(14(3)6-2)17-13-10-9-11-15(17)4;2*1-2/h4-6,8-27,43,45H,1,7H2,2-3H3;5-7,9-13H,1-2H2,3-4H3;2*1-2H3/b21-20-;16-14+;;. The van der Waals surface area contributed by atoms with Gasteiger partial charge in [0.1, 0.15) is 5.75 Å². The zero-order valence-electron chi connectivity index (χ0n) is 40.6. The molecule has 0 unspecified atom stereocenters. The lowest BCUT2D eigenvalue weighted by Gasteiger charge is -2.13. The Morgan fingerprint density at radius 2 is 1.43 bits per heavy atom. The van der Waals surface area contributed by atoms with Crippen LogP contribution < -0.4 is 10.1 Å². The Labute approximate surface area is 399 Å². The Hall–Kier alpha value is -7.91. The van der Waals surface area contributed by atoms with E-state index in [-0.39, 0.29) is 0 Å². The fourth-order valence-corrected chi connectivity index (χ4v) is 7.67. The number of pyridine rings is 1. The van der Waals surface area contributed by atoms with Crippen molar-refractivity contribution in [3.8, 4) is 28.1 Å². The lowest BCUT2D eigenvalue weighted by atomic mass is 9.94. The van der Waals surface area contributed by atoms with Crippen LogP contribution in [0, 0.1) is 6.92 Å². The molecule has 2 heterocycles. The minimum atomic E-state index is 0.801.